The number of aliphatic hydroxyl groups excluding tert-OH is 4. The van der Waals surface area contributed by atoms with Crippen molar-refractivity contribution in [2.24, 2.45) is 0 Å². The van der Waals surface area contributed by atoms with Gasteiger partial charge in [0.05, 0.1) is 17.6 Å². The van der Waals surface area contributed by atoms with E-state index in [-0.39, 0.29) is 46.1 Å². The Kier molecular flexibility index (Phi) is 6.42. The third-order valence-corrected chi connectivity index (χ3v) is 5.23. The molecule has 0 aliphatic carbocycles. The molecule has 1 aliphatic heterocycles. The van der Waals surface area contributed by atoms with Crippen LogP contribution in [-0.4, -0.2) is 101 Å². The molecule has 2 heterocycles. The van der Waals surface area contributed by atoms with Crippen molar-refractivity contribution in [3.63, 3.8) is 0 Å². The molecule has 162 valence electrons. The Bertz CT molecular complexity index is 1210. The second-order valence-electron chi connectivity index (χ2n) is 7.05. The number of fused-ring (bicyclic) bond motifs is 2. The summed E-state index contributed by atoms with van der Waals surface area (Å²) in [4.78, 5) is 12.9. The van der Waals surface area contributed by atoms with Crippen LogP contribution in [0, 0.1) is 0 Å². The minimum atomic E-state index is -1.81. The van der Waals surface area contributed by atoms with E-state index in [0.717, 1.165) is 18.2 Å². The Balaban J connectivity index is 0.00000272. The summed E-state index contributed by atoms with van der Waals surface area (Å²) in [6, 6.07) is 2.90. The molecule has 8 N–H and O–H groups in total. The number of phenols is 4. The first-order chi connectivity index (χ1) is 14.1. The predicted molar refractivity (Wildman–Crippen MR) is 107 cm³/mol. The molecule has 11 nitrogen and oxygen atoms in total. The molecule has 31 heavy (non-hydrogen) atoms. The number of hydrogen-bond acceptors (Lipinski definition) is 11. The molecule has 0 amide bonds. The second kappa shape index (κ2) is 8.45. The van der Waals surface area contributed by atoms with E-state index in [1.165, 1.54) is 0 Å². The molecule has 0 unspecified atom stereocenters. The topological polar surface area (TPSA) is 201 Å². The van der Waals surface area contributed by atoms with Gasteiger partial charge in [0.15, 0.2) is 11.5 Å². The SMILES string of the molecule is O=c1c2cc(O)c(O)cc2oc2cc(O)c([C@@H]3O[C@H](CO)[C@@H](O)[C@H](O)[C@H]3O)c(O)c12.[NaH]. The molecule has 0 bridgehead atoms. The van der Waals surface area contributed by atoms with E-state index in [1.54, 1.807) is 0 Å². The van der Waals surface area contributed by atoms with Crippen molar-refractivity contribution in [3.05, 3.63) is 34.0 Å². The van der Waals surface area contributed by atoms with Crippen molar-refractivity contribution < 1.29 is 50.0 Å². The molecule has 3 aromatic rings. The molecule has 1 aliphatic rings. The molecule has 1 aromatic heterocycles. The Morgan fingerprint density at radius 1 is 0.839 bits per heavy atom. The molecule has 4 rings (SSSR count). The summed E-state index contributed by atoms with van der Waals surface area (Å²) < 4.78 is 10.8. The van der Waals surface area contributed by atoms with E-state index in [4.69, 9.17) is 9.15 Å². The fraction of sp³-hybridized carbons (Fsp3) is 0.316. The second-order valence-corrected chi connectivity index (χ2v) is 7.05. The standard InChI is InChI=1S/C19H18O11.Na.H/c20-4-11-15(25)17(27)18(28)19(30-11)12-8(23)3-10-13(16(12)26)14(24)5-1-6(21)7(22)2-9(5)29-10;;/h1-3,11,15,17-23,25-28H,4H2;;/t11-,15-,17+,18-,19+;;/m1../s1. The van der Waals surface area contributed by atoms with Crippen molar-refractivity contribution >= 4 is 51.5 Å². The van der Waals surface area contributed by atoms with E-state index in [0.29, 0.717) is 0 Å². The van der Waals surface area contributed by atoms with Gasteiger partial charge in [-0.05, 0) is 6.07 Å². The van der Waals surface area contributed by atoms with Crippen LogP contribution in [0.4, 0.5) is 0 Å². The van der Waals surface area contributed by atoms with Gasteiger partial charge >= 0.3 is 29.6 Å². The summed E-state index contributed by atoms with van der Waals surface area (Å²) >= 11 is 0. The summed E-state index contributed by atoms with van der Waals surface area (Å²) in [6.07, 6.45) is -8.16. The maximum atomic E-state index is 12.9. The van der Waals surface area contributed by atoms with E-state index in [1.807, 2.05) is 0 Å². The first-order valence-corrected chi connectivity index (χ1v) is 8.83. The predicted octanol–water partition coefficient (Wildman–Crippen LogP) is -1.37. The monoisotopic (exact) mass is 446 g/mol. The van der Waals surface area contributed by atoms with Crippen molar-refractivity contribution in [1.29, 1.82) is 0 Å². The first kappa shape index (κ1) is 23.6. The van der Waals surface area contributed by atoms with E-state index < -0.39 is 76.5 Å². The number of aliphatic hydroxyl groups is 4. The van der Waals surface area contributed by atoms with Gasteiger partial charge in [-0.1, -0.05) is 0 Å². The number of phenolic OH excluding ortho intramolecular Hbond substituents is 4. The van der Waals surface area contributed by atoms with Crippen LogP contribution in [0.25, 0.3) is 21.9 Å². The average molecular weight is 446 g/mol. The van der Waals surface area contributed by atoms with Crippen LogP contribution in [-0.2, 0) is 4.74 Å². The number of ether oxygens (including phenoxy) is 1. The number of aromatic hydroxyl groups is 4. The van der Waals surface area contributed by atoms with Crippen LogP contribution in [0.5, 0.6) is 23.0 Å². The normalized spacial score (nSPS) is 26.1. The van der Waals surface area contributed by atoms with Crippen LogP contribution in [0.15, 0.2) is 27.4 Å². The molecule has 0 spiro atoms. The molecular formula is C19H19NaO11. The number of hydrogen-bond donors (Lipinski definition) is 8. The van der Waals surface area contributed by atoms with Gasteiger partial charge in [-0.25, -0.2) is 0 Å². The first-order valence-electron chi connectivity index (χ1n) is 8.83. The number of benzene rings is 2. The zero-order valence-corrected chi connectivity index (χ0v) is 15.1. The third-order valence-electron chi connectivity index (χ3n) is 5.23. The fourth-order valence-electron chi connectivity index (χ4n) is 3.64. The van der Waals surface area contributed by atoms with Gasteiger partial charge in [0.1, 0.15) is 58.6 Å². The van der Waals surface area contributed by atoms with E-state index in [9.17, 15) is 45.6 Å². The van der Waals surface area contributed by atoms with Crippen LogP contribution in [0.1, 0.15) is 11.7 Å². The van der Waals surface area contributed by atoms with Crippen LogP contribution < -0.4 is 5.43 Å². The van der Waals surface area contributed by atoms with Gasteiger partial charge in [0.2, 0.25) is 5.43 Å². The van der Waals surface area contributed by atoms with Crippen molar-refractivity contribution in [2.75, 3.05) is 6.61 Å². The van der Waals surface area contributed by atoms with Gasteiger partial charge in [-0.3, -0.25) is 4.79 Å². The number of rotatable bonds is 2. The molecular weight excluding hydrogens is 427 g/mol. The summed E-state index contributed by atoms with van der Waals surface area (Å²) in [5.41, 5.74) is -1.66. The van der Waals surface area contributed by atoms with Crippen molar-refractivity contribution in [1.82, 2.24) is 0 Å². The van der Waals surface area contributed by atoms with Gasteiger partial charge < -0.3 is 50.0 Å². The summed E-state index contributed by atoms with van der Waals surface area (Å²) in [6.45, 7) is -0.730. The molecule has 1 saturated heterocycles. The van der Waals surface area contributed by atoms with Crippen molar-refractivity contribution in [2.45, 2.75) is 30.5 Å². The van der Waals surface area contributed by atoms with E-state index in [2.05, 4.69) is 0 Å². The molecule has 1 fully saturated rings. The average Bonchev–Trinajstić information content (AvgIpc) is 2.69. The Morgan fingerprint density at radius 2 is 1.45 bits per heavy atom. The third kappa shape index (κ3) is 3.62. The Morgan fingerprint density at radius 3 is 2.10 bits per heavy atom. The van der Waals surface area contributed by atoms with E-state index >= 15 is 0 Å². The minimum absolute atomic E-state index is 0. The molecule has 0 radical (unpaired) electrons. The summed E-state index contributed by atoms with van der Waals surface area (Å²) in [5, 5.41) is 79.4. The molecule has 5 atom stereocenters. The van der Waals surface area contributed by atoms with Crippen LogP contribution >= 0.6 is 0 Å². The molecule has 2 aromatic carbocycles. The summed E-state index contributed by atoms with van der Waals surface area (Å²) in [5.74, 6) is -2.62. The molecule has 12 heteroatoms. The Hall–Kier alpha value is -2.09. The van der Waals surface area contributed by atoms with Gasteiger partial charge in [-0.2, -0.15) is 0 Å². The fourth-order valence-corrected chi connectivity index (χ4v) is 3.64. The van der Waals surface area contributed by atoms with Gasteiger partial charge in [-0.15, -0.1) is 0 Å². The summed E-state index contributed by atoms with van der Waals surface area (Å²) in [7, 11) is 0. The quantitative estimate of drug-likeness (QED) is 0.131. The van der Waals surface area contributed by atoms with Crippen LogP contribution in [0.3, 0.4) is 0 Å². The maximum absolute atomic E-state index is 12.9. The zero-order valence-electron chi connectivity index (χ0n) is 15.1. The zero-order chi connectivity index (χ0) is 21.9. The van der Waals surface area contributed by atoms with Gasteiger partial charge in [0.25, 0.3) is 0 Å². The van der Waals surface area contributed by atoms with Crippen LogP contribution in [0.2, 0.25) is 0 Å². The Labute approximate surface area is 195 Å². The van der Waals surface area contributed by atoms with Crippen molar-refractivity contribution in [3.8, 4) is 23.0 Å². The molecule has 0 saturated carbocycles. The van der Waals surface area contributed by atoms with Gasteiger partial charge in [0, 0.05) is 12.1 Å².